The van der Waals surface area contributed by atoms with Gasteiger partial charge in [-0.05, 0) is 26.2 Å². The maximum atomic E-state index is 5.35. The second kappa shape index (κ2) is 11.1. The molecule has 2 aliphatic heterocycles. The Morgan fingerprint density at radius 3 is 2.57 bits per heavy atom. The van der Waals surface area contributed by atoms with Crippen molar-refractivity contribution in [1.29, 1.82) is 0 Å². The van der Waals surface area contributed by atoms with E-state index in [-0.39, 0.29) is 24.0 Å². The van der Waals surface area contributed by atoms with E-state index in [1.165, 1.54) is 5.69 Å². The standard InChI is InChI=1S/C20H34N6O.HI/c1-21-20(22-15-18-16-23(2)8-9-24(18)3)26-12-10-25(11-13-26)17-6-5-7-19(14-17)27-4;/h5-7,14,18H,8-13,15-16H2,1-4H3,(H,21,22);1H. The van der Waals surface area contributed by atoms with E-state index in [9.17, 15) is 0 Å². The fourth-order valence-corrected chi connectivity index (χ4v) is 3.85. The highest BCUT2D eigenvalue weighted by Crippen LogP contribution is 2.22. The molecule has 0 amide bonds. The SMILES string of the molecule is CN=C(NCC1CN(C)CCN1C)N1CCN(c2cccc(OC)c2)CC1.I. The summed E-state index contributed by atoms with van der Waals surface area (Å²) in [6.45, 7) is 8.22. The predicted molar refractivity (Wildman–Crippen MR) is 127 cm³/mol. The van der Waals surface area contributed by atoms with Gasteiger partial charge in [-0.2, -0.15) is 0 Å². The fourth-order valence-electron chi connectivity index (χ4n) is 3.85. The molecule has 1 N–H and O–H groups in total. The van der Waals surface area contributed by atoms with Gasteiger partial charge in [0.15, 0.2) is 5.96 Å². The Morgan fingerprint density at radius 1 is 1.14 bits per heavy atom. The summed E-state index contributed by atoms with van der Waals surface area (Å²) >= 11 is 0. The van der Waals surface area contributed by atoms with E-state index in [0.717, 1.165) is 64.1 Å². The van der Waals surface area contributed by atoms with Crippen LogP contribution in [0, 0.1) is 0 Å². The number of ether oxygens (including phenoxy) is 1. The summed E-state index contributed by atoms with van der Waals surface area (Å²) in [5.74, 6) is 1.93. The number of guanidine groups is 1. The highest BCUT2D eigenvalue weighted by molar-refractivity contribution is 14.0. The van der Waals surface area contributed by atoms with E-state index in [4.69, 9.17) is 4.74 Å². The monoisotopic (exact) mass is 502 g/mol. The second-order valence-electron chi connectivity index (χ2n) is 7.50. The minimum absolute atomic E-state index is 0. The molecule has 1 unspecified atom stereocenters. The first kappa shape index (κ1) is 23.0. The van der Waals surface area contributed by atoms with E-state index < -0.39 is 0 Å². The van der Waals surface area contributed by atoms with Gasteiger partial charge in [0.25, 0.3) is 0 Å². The van der Waals surface area contributed by atoms with Gasteiger partial charge in [-0.3, -0.25) is 9.89 Å². The number of rotatable bonds is 4. The molecule has 7 nitrogen and oxygen atoms in total. The van der Waals surface area contributed by atoms with Crippen molar-refractivity contribution in [3.8, 4) is 5.75 Å². The van der Waals surface area contributed by atoms with Gasteiger partial charge >= 0.3 is 0 Å². The molecule has 2 aliphatic rings. The molecule has 0 spiro atoms. The molecular weight excluding hydrogens is 467 g/mol. The maximum absolute atomic E-state index is 5.35. The van der Waals surface area contributed by atoms with E-state index in [1.54, 1.807) is 7.11 Å². The third kappa shape index (κ3) is 5.87. The Balaban J connectivity index is 0.00000280. The molecule has 3 rings (SSSR count). The van der Waals surface area contributed by atoms with Crippen molar-refractivity contribution in [3.63, 3.8) is 0 Å². The average Bonchev–Trinajstić information content (AvgIpc) is 2.71. The molecule has 0 aliphatic carbocycles. The number of piperazine rings is 2. The highest BCUT2D eigenvalue weighted by atomic mass is 127. The lowest BCUT2D eigenvalue weighted by atomic mass is 10.2. The number of nitrogens with one attached hydrogen (secondary N) is 1. The van der Waals surface area contributed by atoms with Gasteiger partial charge < -0.3 is 24.8 Å². The zero-order valence-corrected chi connectivity index (χ0v) is 19.9. The van der Waals surface area contributed by atoms with Crippen LogP contribution in [0.4, 0.5) is 5.69 Å². The van der Waals surface area contributed by atoms with Gasteiger partial charge in [0.2, 0.25) is 0 Å². The lowest BCUT2D eigenvalue weighted by molar-refractivity contribution is 0.116. The summed E-state index contributed by atoms with van der Waals surface area (Å²) in [5, 5.41) is 3.60. The number of methoxy groups -OCH3 is 1. The van der Waals surface area contributed by atoms with E-state index in [0.29, 0.717) is 6.04 Å². The third-order valence-electron chi connectivity index (χ3n) is 5.69. The largest absolute Gasteiger partial charge is 0.497 e. The first-order valence-electron chi connectivity index (χ1n) is 9.84. The van der Waals surface area contributed by atoms with E-state index in [2.05, 4.69) is 62.2 Å². The van der Waals surface area contributed by atoms with Crippen LogP contribution in [0.1, 0.15) is 0 Å². The quantitative estimate of drug-likeness (QED) is 0.380. The van der Waals surface area contributed by atoms with Crippen LogP contribution >= 0.6 is 24.0 Å². The Kier molecular flexibility index (Phi) is 9.10. The third-order valence-corrected chi connectivity index (χ3v) is 5.69. The number of halogens is 1. The van der Waals surface area contributed by atoms with Gasteiger partial charge in [0.05, 0.1) is 7.11 Å². The molecule has 28 heavy (non-hydrogen) atoms. The van der Waals surface area contributed by atoms with Crippen molar-refractivity contribution in [2.45, 2.75) is 6.04 Å². The summed E-state index contributed by atoms with van der Waals surface area (Å²) in [5.41, 5.74) is 1.23. The molecule has 8 heteroatoms. The van der Waals surface area contributed by atoms with Crippen molar-refractivity contribution in [2.24, 2.45) is 4.99 Å². The molecule has 1 aromatic carbocycles. The molecule has 2 saturated heterocycles. The molecule has 1 aromatic rings. The normalized spacial score (nSPS) is 22.0. The summed E-state index contributed by atoms with van der Waals surface area (Å²) < 4.78 is 5.35. The van der Waals surface area contributed by atoms with Crippen LogP contribution in [-0.2, 0) is 0 Å². The van der Waals surface area contributed by atoms with Crippen molar-refractivity contribution < 1.29 is 4.74 Å². The molecule has 0 radical (unpaired) electrons. The minimum atomic E-state index is 0. The lowest BCUT2D eigenvalue weighted by Crippen LogP contribution is -2.57. The molecule has 0 bridgehead atoms. The van der Waals surface area contributed by atoms with Crippen molar-refractivity contribution in [3.05, 3.63) is 24.3 Å². The summed E-state index contributed by atoms with van der Waals surface area (Å²) in [7, 11) is 8.02. The Hall–Kier alpha value is -1.26. The molecule has 2 fully saturated rings. The Morgan fingerprint density at radius 2 is 1.89 bits per heavy atom. The molecule has 2 heterocycles. The van der Waals surface area contributed by atoms with Gasteiger partial charge in [0.1, 0.15) is 5.75 Å². The average molecular weight is 502 g/mol. The van der Waals surface area contributed by atoms with Crippen molar-refractivity contribution in [1.82, 2.24) is 20.0 Å². The first-order valence-corrected chi connectivity index (χ1v) is 9.84. The Bertz CT molecular complexity index is 635. The number of likely N-dealkylation sites (N-methyl/N-ethyl adjacent to an activating group) is 2. The highest BCUT2D eigenvalue weighted by Gasteiger charge is 2.24. The van der Waals surface area contributed by atoms with Crippen LogP contribution in [0.2, 0.25) is 0 Å². The van der Waals surface area contributed by atoms with Gasteiger partial charge in [-0.15, -0.1) is 24.0 Å². The van der Waals surface area contributed by atoms with Crippen LogP contribution in [0.3, 0.4) is 0 Å². The molecule has 0 aromatic heterocycles. The van der Waals surface area contributed by atoms with Gasteiger partial charge in [-0.1, -0.05) is 6.07 Å². The van der Waals surface area contributed by atoms with Crippen LogP contribution in [0.25, 0.3) is 0 Å². The Labute approximate surface area is 186 Å². The summed E-state index contributed by atoms with van der Waals surface area (Å²) in [6.07, 6.45) is 0. The van der Waals surface area contributed by atoms with E-state index >= 15 is 0 Å². The van der Waals surface area contributed by atoms with Crippen molar-refractivity contribution in [2.75, 3.05) is 85.5 Å². The van der Waals surface area contributed by atoms with Crippen LogP contribution in [0.15, 0.2) is 29.3 Å². The summed E-state index contributed by atoms with van der Waals surface area (Å²) in [4.78, 5) is 14.2. The number of hydrogen-bond acceptors (Lipinski definition) is 5. The minimum Gasteiger partial charge on any atom is -0.497 e. The van der Waals surface area contributed by atoms with Gasteiger partial charge in [0, 0.05) is 77.2 Å². The number of hydrogen-bond donors (Lipinski definition) is 1. The number of nitrogens with zero attached hydrogens (tertiary/aromatic N) is 5. The molecule has 158 valence electrons. The lowest BCUT2D eigenvalue weighted by Gasteiger charge is -2.40. The number of benzene rings is 1. The van der Waals surface area contributed by atoms with Crippen molar-refractivity contribution >= 4 is 35.6 Å². The molecule has 1 atom stereocenters. The summed E-state index contributed by atoms with van der Waals surface area (Å²) in [6, 6.07) is 8.83. The molecule has 0 saturated carbocycles. The zero-order valence-electron chi connectivity index (χ0n) is 17.6. The van der Waals surface area contributed by atoms with Gasteiger partial charge in [-0.25, -0.2) is 0 Å². The van der Waals surface area contributed by atoms with Crippen LogP contribution < -0.4 is 15.0 Å². The maximum Gasteiger partial charge on any atom is 0.193 e. The number of anilines is 1. The predicted octanol–water partition coefficient (Wildman–Crippen LogP) is 1.26. The fraction of sp³-hybridized carbons (Fsp3) is 0.650. The first-order chi connectivity index (χ1) is 13.1. The molecular formula is C20H35IN6O. The number of aliphatic imine (C=N–C) groups is 1. The van der Waals surface area contributed by atoms with E-state index in [1.807, 2.05) is 13.1 Å². The second-order valence-corrected chi connectivity index (χ2v) is 7.50. The zero-order chi connectivity index (χ0) is 19.2. The van der Waals surface area contributed by atoms with Crippen LogP contribution in [-0.4, -0.2) is 107 Å². The topological polar surface area (TPSA) is 46.6 Å². The smallest absolute Gasteiger partial charge is 0.193 e. The van der Waals surface area contributed by atoms with Crippen LogP contribution in [0.5, 0.6) is 5.75 Å².